The van der Waals surface area contributed by atoms with Crippen molar-refractivity contribution in [3.05, 3.63) is 33.9 Å². The summed E-state index contributed by atoms with van der Waals surface area (Å²) in [6, 6.07) is 3.28. The van der Waals surface area contributed by atoms with Crippen LogP contribution in [-0.2, 0) is 0 Å². The van der Waals surface area contributed by atoms with Crippen LogP contribution in [0, 0.1) is 0 Å². The molecular formula is C11H7ClN2O3S. The number of aromatic carboxylic acids is 1. The Hall–Kier alpha value is -1.79. The second-order valence-corrected chi connectivity index (χ2v) is 4.80. The molecule has 0 bridgehead atoms. The van der Waals surface area contributed by atoms with E-state index in [1.807, 2.05) is 0 Å². The summed E-state index contributed by atoms with van der Waals surface area (Å²) >= 11 is 6.93. The number of carbonyl (C=O) groups is 2. The molecule has 2 rings (SSSR count). The number of carbonyl (C=O) groups excluding carboxylic acids is 1. The quantitative estimate of drug-likeness (QED) is 0.876. The first-order valence-electron chi connectivity index (χ1n) is 4.86. The van der Waals surface area contributed by atoms with Crippen LogP contribution in [0.25, 0.3) is 10.7 Å². The predicted octanol–water partition coefficient (Wildman–Crippen LogP) is 2.76. The van der Waals surface area contributed by atoms with Gasteiger partial charge in [-0.05, 0) is 12.1 Å². The van der Waals surface area contributed by atoms with Crippen molar-refractivity contribution >= 4 is 34.7 Å². The van der Waals surface area contributed by atoms with Gasteiger partial charge in [-0.25, -0.2) is 9.78 Å². The molecule has 0 spiro atoms. The highest BCUT2D eigenvalue weighted by atomic mass is 35.5. The molecule has 2 aromatic rings. The van der Waals surface area contributed by atoms with Gasteiger partial charge in [-0.2, -0.15) is 0 Å². The molecule has 0 aliphatic carbocycles. The molecule has 0 saturated carbocycles. The largest absolute Gasteiger partial charge is 0.476 e. The molecule has 0 unspecified atom stereocenters. The highest BCUT2D eigenvalue weighted by molar-refractivity contribution is 7.17. The lowest BCUT2D eigenvalue weighted by Crippen LogP contribution is -2.03. The fourth-order valence-corrected chi connectivity index (χ4v) is 2.58. The molecule has 0 aromatic carbocycles. The normalized spacial score (nSPS) is 10.3. The summed E-state index contributed by atoms with van der Waals surface area (Å²) in [5.41, 5.74) is 0.114. The van der Waals surface area contributed by atoms with Gasteiger partial charge in [0.2, 0.25) is 0 Å². The van der Waals surface area contributed by atoms with E-state index in [-0.39, 0.29) is 16.4 Å². The minimum absolute atomic E-state index is 0.0965. The molecule has 0 aliphatic heterocycles. The minimum atomic E-state index is -1.24. The van der Waals surface area contributed by atoms with Crippen LogP contribution in [0.5, 0.6) is 0 Å². The van der Waals surface area contributed by atoms with Crippen LogP contribution in [0.3, 0.4) is 0 Å². The lowest BCUT2D eigenvalue weighted by molar-refractivity contribution is 0.0687. The lowest BCUT2D eigenvalue weighted by atomic mass is 10.3. The van der Waals surface area contributed by atoms with E-state index in [0.29, 0.717) is 15.7 Å². The second kappa shape index (κ2) is 4.83. The number of carboxylic acids is 1. The SMILES string of the molecule is CC(=O)c1sc(-c2ncccc2Cl)nc1C(=O)O. The van der Waals surface area contributed by atoms with Crippen molar-refractivity contribution in [3.8, 4) is 10.7 Å². The number of thiazole rings is 1. The first-order valence-corrected chi connectivity index (χ1v) is 6.06. The summed E-state index contributed by atoms with van der Waals surface area (Å²) in [6.07, 6.45) is 1.52. The minimum Gasteiger partial charge on any atom is -0.476 e. The highest BCUT2D eigenvalue weighted by Gasteiger charge is 2.22. The van der Waals surface area contributed by atoms with Crippen molar-refractivity contribution in [1.82, 2.24) is 9.97 Å². The van der Waals surface area contributed by atoms with E-state index in [1.54, 1.807) is 12.1 Å². The number of pyridine rings is 1. The molecule has 92 valence electrons. The first-order chi connectivity index (χ1) is 8.50. The number of ketones is 1. The number of aromatic nitrogens is 2. The number of halogens is 1. The summed E-state index contributed by atoms with van der Waals surface area (Å²) in [4.78, 5) is 30.4. The van der Waals surface area contributed by atoms with Crippen LogP contribution < -0.4 is 0 Å². The monoisotopic (exact) mass is 282 g/mol. The number of Topliss-reactive ketones (excluding diaryl/α,β-unsaturated/α-hetero) is 1. The van der Waals surface area contributed by atoms with Crippen molar-refractivity contribution in [1.29, 1.82) is 0 Å². The third-order valence-corrected chi connectivity index (χ3v) is 3.58. The van der Waals surface area contributed by atoms with E-state index in [4.69, 9.17) is 16.7 Å². The molecule has 0 aliphatic rings. The molecule has 2 heterocycles. The van der Waals surface area contributed by atoms with E-state index < -0.39 is 5.97 Å². The van der Waals surface area contributed by atoms with Crippen molar-refractivity contribution in [2.24, 2.45) is 0 Å². The molecule has 18 heavy (non-hydrogen) atoms. The fraction of sp³-hybridized carbons (Fsp3) is 0.0909. The molecule has 0 fully saturated rings. The molecule has 5 nitrogen and oxygen atoms in total. The molecular weight excluding hydrogens is 276 g/mol. The zero-order valence-electron chi connectivity index (χ0n) is 9.18. The van der Waals surface area contributed by atoms with Gasteiger partial charge in [-0.15, -0.1) is 11.3 Å². The number of rotatable bonds is 3. The zero-order chi connectivity index (χ0) is 13.3. The van der Waals surface area contributed by atoms with Gasteiger partial charge in [0.25, 0.3) is 0 Å². The van der Waals surface area contributed by atoms with Crippen molar-refractivity contribution in [3.63, 3.8) is 0 Å². The average Bonchev–Trinajstić information content (AvgIpc) is 2.74. The summed E-state index contributed by atoms with van der Waals surface area (Å²) in [5, 5.41) is 9.66. The number of carboxylic acid groups (broad SMARTS) is 1. The average molecular weight is 283 g/mol. The Balaban J connectivity index is 2.61. The van der Waals surface area contributed by atoms with E-state index in [1.165, 1.54) is 13.1 Å². The first kappa shape index (κ1) is 12.7. The van der Waals surface area contributed by atoms with E-state index in [0.717, 1.165) is 11.3 Å². The maximum absolute atomic E-state index is 11.4. The van der Waals surface area contributed by atoms with Crippen LogP contribution in [0.1, 0.15) is 27.1 Å². The Morgan fingerprint density at radius 2 is 2.17 bits per heavy atom. The summed E-state index contributed by atoms with van der Waals surface area (Å²) in [6.45, 7) is 1.30. The third-order valence-electron chi connectivity index (χ3n) is 2.11. The van der Waals surface area contributed by atoms with Gasteiger partial charge in [-0.3, -0.25) is 9.78 Å². The smallest absolute Gasteiger partial charge is 0.356 e. The molecule has 0 atom stereocenters. The van der Waals surface area contributed by atoms with Gasteiger partial charge in [0.05, 0.1) is 5.02 Å². The van der Waals surface area contributed by atoms with Gasteiger partial charge < -0.3 is 5.11 Å². The van der Waals surface area contributed by atoms with Crippen LogP contribution >= 0.6 is 22.9 Å². The Bertz CT molecular complexity index is 607. The Morgan fingerprint density at radius 3 is 2.67 bits per heavy atom. The van der Waals surface area contributed by atoms with Crippen molar-refractivity contribution < 1.29 is 14.7 Å². The van der Waals surface area contributed by atoms with Gasteiger partial charge in [0.15, 0.2) is 11.5 Å². The highest BCUT2D eigenvalue weighted by Crippen LogP contribution is 2.31. The fourth-order valence-electron chi connectivity index (χ4n) is 1.35. The lowest BCUT2D eigenvalue weighted by Gasteiger charge is -1.96. The zero-order valence-corrected chi connectivity index (χ0v) is 10.7. The second-order valence-electron chi connectivity index (χ2n) is 3.39. The number of hydrogen-bond acceptors (Lipinski definition) is 5. The molecule has 2 aromatic heterocycles. The maximum Gasteiger partial charge on any atom is 0.356 e. The van der Waals surface area contributed by atoms with Gasteiger partial charge in [-0.1, -0.05) is 11.6 Å². The van der Waals surface area contributed by atoms with E-state index in [9.17, 15) is 9.59 Å². The Labute approximate surface area is 111 Å². The summed E-state index contributed by atoms with van der Waals surface area (Å²) in [7, 11) is 0. The van der Waals surface area contributed by atoms with Gasteiger partial charge in [0.1, 0.15) is 15.6 Å². The van der Waals surface area contributed by atoms with Crippen molar-refractivity contribution in [2.45, 2.75) is 6.92 Å². The van der Waals surface area contributed by atoms with Crippen LogP contribution in [0.15, 0.2) is 18.3 Å². The third kappa shape index (κ3) is 2.25. The maximum atomic E-state index is 11.4. The van der Waals surface area contributed by atoms with Crippen LogP contribution in [0.4, 0.5) is 0 Å². The topological polar surface area (TPSA) is 80.2 Å². The standard InChI is InChI=1S/C11H7ClN2O3S/c1-5(15)9-8(11(16)17)14-10(18-9)7-6(12)3-2-4-13-7/h2-4H,1H3,(H,16,17). The summed E-state index contributed by atoms with van der Waals surface area (Å²) < 4.78 is 0. The number of hydrogen-bond donors (Lipinski definition) is 1. The van der Waals surface area contributed by atoms with E-state index >= 15 is 0 Å². The molecule has 0 radical (unpaired) electrons. The van der Waals surface area contributed by atoms with Crippen molar-refractivity contribution in [2.75, 3.05) is 0 Å². The summed E-state index contributed by atoms with van der Waals surface area (Å²) in [5.74, 6) is -1.59. The predicted molar refractivity (Wildman–Crippen MR) is 67.3 cm³/mol. The van der Waals surface area contributed by atoms with E-state index in [2.05, 4.69) is 9.97 Å². The van der Waals surface area contributed by atoms with Crippen LogP contribution in [0.2, 0.25) is 5.02 Å². The van der Waals surface area contributed by atoms with Gasteiger partial charge in [0, 0.05) is 13.1 Å². The Kier molecular flexibility index (Phi) is 3.40. The molecule has 0 amide bonds. The van der Waals surface area contributed by atoms with Gasteiger partial charge >= 0.3 is 5.97 Å². The molecule has 0 saturated heterocycles. The molecule has 7 heteroatoms. The Morgan fingerprint density at radius 1 is 1.44 bits per heavy atom. The van der Waals surface area contributed by atoms with Crippen LogP contribution in [-0.4, -0.2) is 26.8 Å². The number of nitrogens with zero attached hydrogens (tertiary/aromatic N) is 2. The molecule has 1 N–H and O–H groups in total.